The zero-order valence-corrected chi connectivity index (χ0v) is 25.1. The number of rotatable bonds is 7. The molecule has 0 saturated heterocycles. The molecule has 7 nitrogen and oxygen atoms in total. The number of carbonyl (C=O) groups is 2. The predicted molar refractivity (Wildman–Crippen MR) is 156 cm³/mol. The van der Waals surface area contributed by atoms with Crippen LogP contribution >= 0.6 is 23.1 Å². The molecule has 2 aromatic heterocycles. The van der Waals surface area contributed by atoms with Crippen molar-refractivity contribution in [2.24, 2.45) is 17.3 Å². The van der Waals surface area contributed by atoms with Gasteiger partial charge in [-0.05, 0) is 97.0 Å². The number of aromatic nitrogens is 3. The maximum absolute atomic E-state index is 14.1. The highest BCUT2D eigenvalue weighted by atomic mass is 32.2. The summed E-state index contributed by atoms with van der Waals surface area (Å²) in [5.41, 5.74) is 0.348. The number of hydrogen-bond donors (Lipinski definition) is 1. The summed E-state index contributed by atoms with van der Waals surface area (Å²) in [6.45, 7) is 8.37. The molecule has 9 heteroatoms. The predicted octanol–water partition coefficient (Wildman–Crippen LogP) is 7.03. The van der Waals surface area contributed by atoms with E-state index in [1.165, 1.54) is 24.2 Å². The maximum Gasteiger partial charge on any atom is 0.348 e. The molecule has 0 spiro atoms. The quantitative estimate of drug-likeness (QED) is 0.361. The Morgan fingerprint density at radius 3 is 2.38 bits per heavy atom. The van der Waals surface area contributed by atoms with Crippen molar-refractivity contribution in [3.63, 3.8) is 0 Å². The minimum absolute atomic E-state index is 0.00822. The molecule has 3 fully saturated rings. The van der Waals surface area contributed by atoms with Gasteiger partial charge in [0.1, 0.15) is 11.2 Å². The molecular formula is C30H40N4O3S2. The molecule has 0 unspecified atom stereocenters. The first-order chi connectivity index (χ1) is 18.6. The van der Waals surface area contributed by atoms with Crippen molar-refractivity contribution in [3.05, 3.63) is 22.1 Å². The monoisotopic (exact) mass is 568 g/mol. The highest BCUT2D eigenvalue weighted by Gasteiger charge is 2.38. The molecule has 0 radical (unpaired) electrons. The number of carboxylic acid groups (broad SMARTS) is 1. The van der Waals surface area contributed by atoms with Gasteiger partial charge in [-0.25, -0.2) is 4.79 Å². The summed E-state index contributed by atoms with van der Waals surface area (Å²) in [5.74, 6) is 6.11. The lowest BCUT2D eigenvalue weighted by molar-refractivity contribution is -0.124. The second kappa shape index (κ2) is 11.7. The molecule has 2 heterocycles. The minimum atomic E-state index is -0.988. The van der Waals surface area contributed by atoms with Gasteiger partial charge in [-0.15, -0.1) is 21.5 Å². The SMILES string of the molecule is CC1CCC(C(=O)N(c2cc(C#CC(C)(C)C)sc2C(=O)O)C2CCC(Sc3nncn3C3CC3)CC2)CC1. The summed E-state index contributed by atoms with van der Waals surface area (Å²) in [5, 5.41) is 20.1. The van der Waals surface area contributed by atoms with E-state index in [1.807, 2.05) is 49.8 Å². The molecule has 2 aromatic rings. The molecule has 3 saturated carbocycles. The van der Waals surface area contributed by atoms with Crippen LogP contribution in [0.2, 0.25) is 0 Å². The lowest BCUT2D eigenvalue weighted by Crippen LogP contribution is -2.46. The number of thiophene rings is 1. The van der Waals surface area contributed by atoms with E-state index in [0.29, 0.717) is 27.8 Å². The first kappa shape index (κ1) is 28.2. The molecule has 39 heavy (non-hydrogen) atoms. The van der Waals surface area contributed by atoms with Gasteiger partial charge in [0.2, 0.25) is 5.91 Å². The van der Waals surface area contributed by atoms with Gasteiger partial charge in [0.05, 0.1) is 10.6 Å². The fourth-order valence-corrected chi connectivity index (χ4v) is 7.77. The van der Waals surface area contributed by atoms with Gasteiger partial charge in [0.15, 0.2) is 5.16 Å². The number of nitrogens with zero attached hydrogens (tertiary/aromatic N) is 4. The normalized spacial score (nSPS) is 25.5. The van der Waals surface area contributed by atoms with E-state index in [4.69, 9.17) is 0 Å². The third-order valence-electron chi connectivity index (χ3n) is 8.09. The average Bonchev–Trinajstić information content (AvgIpc) is 3.48. The van der Waals surface area contributed by atoms with E-state index < -0.39 is 5.97 Å². The maximum atomic E-state index is 14.1. The number of thioether (sulfide) groups is 1. The molecule has 5 rings (SSSR count). The largest absolute Gasteiger partial charge is 0.477 e. The van der Waals surface area contributed by atoms with Gasteiger partial charge in [0, 0.05) is 28.7 Å². The Morgan fingerprint density at radius 2 is 1.77 bits per heavy atom. The number of carboxylic acids is 1. The molecule has 1 amide bonds. The Balaban J connectivity index is 1.39. The van der Waals surface area contributed by atoms with Gasteiger partial charge < -0.3 is 14.6 Å². The van der Waals surface area contributed by atoms with Gasteiger partial charge in [-0.3, -0.25) is 4.79 Å². The lowest BCUT2D eigenvalue weighted by Gasteiger charge is -2.39. The number of carbonyl (C=O) groups excluding carboxylic acids is 1. The van der Waals surface area contributed by atoms with Gasteiger partial charge >= 0.3 is 5.97 Å². The van der Waals surface area contributed by atoms with Crippen molar-refractivity contribution in [3.8, 4) is 11.8 Å². The van der Waals surface area contributed by atoms with Crippen LogP contribution in [0.15, 0.2) is 17.6 Å². The van der Waals surface area contributed by atoms with Gasteiger partial charge in [-0.2, -0.15) is 0 Å². The molecule has 1 N–H and O–H groups in total. The highest BCUT2D eigenvalue weighted by Crippen LogP contribution is 2.43. The first-order valence-corrected chi connectivity index (χ1v) is 16.1. The Bertz CT molecular complexity index is 1250. The Morgan fingerprint density at radius 1 is 1.08 bits per heavy atom. The zero-order chi connectivity index (χ0) is 27.7. The summed E-state index contributed by atoms with van der Waals surface area (Å²) >= 11 is 3.00. The number of anilines is 1. The molecule has 3 aliphatic rings. The van der Waals surface area contributed by atoms with Gasteiger partial charge in [0.25, 0.3) is 0 Å². The minimum Gasteiger partial charge on any atom is -0.477 e. The van der Waals surface area contributed by atoms with E-state index >= 15 is 0 Å². The smallest absolute Gasteiger partial charge is 0.348 e. The highest BCUT2D eigenvalue weighted by molar-refractivity contribution is 7.99. The van der Waals surface area contributed by atoms with Crippen molar-refractivity contribution in [2.75, 3.05) is 4.90 Å². The fraction of sp³-hybridized carbons (Fsp3) is 0.667. The summed E-state index contributed by atoms with van der Waals surface area (Å²) in [6.07, 6.45) is 11.7. The second-order valence-corrected chi connectivity index (χ2v) is 14.9. The van der Waals surface area contributed by atoms with Crippen LogP contribution in [0.5, 0.6) is 0 Å². The second-order valence-electron chi connectivity index (χ2n) is 12.6. The molecular weight excluding hydrogens is 528 g/mol. The first-order valence-electron chi connectivity index (χ1n) is 14.4. The van der Waals surface area contributed by atoms with E-state index in [2.05, 4.69) is 33.5 Å². The summed E-state index contributed by atoms with van der Waals surface area (Å²) in [6, 6.07) is 2.40. The van der Waals surface area contributed by atoms with Crippen LogP contribution in [0, 0.1) is 29.1 Å². The van der Waals surface area contributed by atoms with Crippen LogP contribution in [0.25, 0.3) is 0 Å². The van der Waals surface area contributed by atoms with E-state index in [-0.39, 0.29) is 28.2 Å². The van der Waals surface area contributed by atoms with Crippen molar-refractivity contribution in [1.82, 2.24) is 14.8 Å². The summed E-state index contributed by atoms with van der Waals surface area (Å²) in [4.78, 5) is 29.3. The van der Waals surface area contributed by atoms with E-state index in [1.54, 1.807) is 0 Å². The third-order valence-corrected chi connectivity index (χ3v) is 10.4. The molecule has 0 bridgehead atoms. The zero-order valence-electron chi connectivity index (χ0n) is 23.5. The summed E-state index contributed by atoms with van der Waals surface area (Å²) < 4.78 is 2.21. The Kier molecular flexibility index (Phi) is 8.44. The van der Waals surface area contributed by atoms with Crippen molar-refractivity contribution in [1.29, 1.82) is 0 Å². The van der Waals surface area contributed by atoms with E-state index in [9.17, 15) is 14.7 Å². The van der Waals surface area contributed by atoms with Crippen LogP contribution < -0.4 is 4.90 Å². The topological polar surface area (TPSA) is 88.3 Å². The van der Waals surface area contributed by atoms with Crippen molar-refractivity contribution < 1.29 is 14.7 Å². The third kappa shape index (κ3) is 6.89. The fourth-order valence-electron chi connectivity index (χ4n) is 5.71. The standard InChI is InChI=1S/C30H40N4O3S2/c1-19-5-7-20(8-6-19)27(35)34(25-17-24(15-16-30(2,3)4)38-26(25)28(36)37)22-11-13-23(14-12-22)39-29-32-31-18-33(29)21-9-10-21/h17-23H,5-14H2,1-4H3,(H,36,37). The van der Waals surface area contributed by atoms with Crippen LogP contribution in [0.3, 0.4) is 0 Å². The molecule has 0 aliphatic heterocycles. The van der Waals surface area contributed by atoms with Gasteiger partial charge in [-0.1, -0.05) is 30.5 Å². The number of aromatic carboxylic acids is 1. The van der Waals surface area contributed by atoms with Crippen molar-refractivity contribution >= 4 is 40.7 Å². The van der Waals surface area contributed by atoms with Crippen LogP contribution in [-0.2, 0) is 4.79 Å². The molecule has 210 valence electrons. The van der Waals surface area contributed by atoms with Crippen LogP contribution in [0.4, 0.5) is 5.69 Å². The Labute approximate surface area is 240 Å². The number of hydrogen-bond acceptors (Lipinski definition) is 6. The van der Waals surface area contributed by atoms with Crippen LogP contribution in [-0.4, -0.2) is 43.0 Å². The van der Waals surface area contributed by atoms with E-state index in [0.717, 1.165) is 56.5 Å². The summed E-state index contributed by atoms with van der Waals surface area (Å²) in [7, 11) is 0. The Hall–Kier alpha value is -2.31. The van der Waals surface area contributed by atoms with Crippen LogP contribution in [0.1, 0.15) is 112 Å². The molecule has 0 atom stereocenters. The average molecular weight is 569 g/mol. The number of amides is 1. The molecule has 3 aliphatic carbocycles. The lowest BCUT2D eigenvalue weighted by atomic mass is 9.81. The van der Waals surface area contributed by atoms with Crippen molar-refractivity contribution in [2.45, 2.75) is 114 Å². The molecule has 0 aromatic carbocycles.